The van der Waals surface area contributed by atoms with Crippen molar-refractivity contribution in [2.24, 2.45) is 0 Å². The normalized spacial score (nSPS) is 13.7. The molecule has 0 aliphatic rings. The number of hydrogen-bond acceptors (Lipinski definition) is 4. The first-order chi connectivity index (χ1) is 13.9. The SMILES string of the molecule is CCCCCCCCCCCCCC(C(O)CCCCCCCCC)S(=O)(=O)[O-].[K+]. The molecule has 2 unspecified atom stereocenters. The zero-order valence-electron chi connectivity index (χ0n) is 20.4. The average molecular weight is 473 g/mol. The summed E-state index contributed by atoms with van der Waals surface area (Å²) < 4.78 is 34.7. The van der Waals surface area contributed by atoms with E-state index in [-0.39, 0.29) is 51.4 Å². The van der Waals surface area contributed by atoms with Gasteiger partial charge in [0.15, 0.2) is 0 Å². The van der Waals surface area contributed by atoms with Gasteiger partial charge in [-0.2, -0.15) is 0 Å². The van der Waals surface area contributed by atoms with Gasteiger partial charge in [-0.05, 0) is 12.8 Å². The number of unbranched alkanes of at least 4 members (excludes halogenated alkanes) is 16. The summed E-state index contributed by atoms with van der Waals surface area (Å²) in [5.41, 5.74) is 0. The predicted octanol–water partition coefficient (Wildman–Crippen LogP) is 4.11. The zero-order valence-corrected chi connectivity index (χ0v) is 24.3. The Bertz CT molecular complexity index is 442. The molecule has 0 aliphatic carbocycles. The van der Waals surface area contributed by atoms with E-state index in [1.807, 2.05) is 0 Å². The topological polar surface area (TPSA) is 77.4 Å². The quantitative estimate of drug-likeness (QED) is 0.146. The first-order valence-corrected chi connectivity index (χ1v) is 14.0. The van der Waals surface area contributed by atoms with Crippen molar-refractivity contribution in [3.63, 3.8) is 0 Å². The number of hydrogen-bond donors (Lipinski definition) is 1. The Morgan fingerprint density at radius 2 is 0.900 bits per heavy atom. The number of rotatable bonds is 22. The molecule has 0 bridgehead atoms. The summed E-state index contributed by atoms with van der Waals surface area (Å²) in [6.07, 6.45) is 20.7. The summed E-state index contributed by atoms with van der Waals surface area (Å²) in [4.78, 5) is 0. The van der Waals surface area contributed by atoms with Crippen molar-refractivity contribution in [3.8, 4) is 0 Å². The maximum atomic E-state index is 11.6. The van der Waals surface area contributed by atoms with Crippen LogP contribution in [0.1, 0.15) is 142 Å². The monoisotopic (exact) mass is 472 g/mol. The summed E-state index contributed by atoms with van der Waals surface area (Å²) >= 11 is 0. The van der Waals surface area contributed by atoms with E-state index in [1.165, 1.54) is 77.0 Å². The second-order valence-electron chi connectivity index (χ2n) is 8.83. The van der Waals surface area contributed by atoms with Gasteiger partial charge in [-0.25, -0.2) is 8.42 Å². The molecule has 6 heteroatoms. The van der Waals surface area contributed by atoms with Gasteiger partial charge >= 0.3 is 51.4 Å². The minimum atomic E-state index is -4.43. The molecule has 30 heavy (non-hydrogen) atoms. The molecule has 0 rings (SSSR count). The van der Waals surface area contributed by atoms with Gasteiger partial charge in [-0.15, -0.1) is 0 Å². The van der Waals surface area contributed by atoms with Crippen molar-refractivity contribution in [2.75, 3.05) is 0 Å². The molecule has 0 heterocycles. The molecule has 0 aromatic heterocycles. The maximum absolute atomic E-state index is 11.6. The largest absolute Gasteiger partial charge is 1.00 e. The maximum Gasteiger partial charge on any atom is 1.00 e. The van der Waals surface area contributed by atoms with Crippen LogP contribution in [0.25, 0.3) is 0 Å². The van der Waals surface area contributed by atoms with Crippen LogP contribution in [0.5, 0.6) is 0 Å². The van der Waals surface area contributed by atoms with E-state index < -0.39 is 21.5 Å². The van der Waals surface area contributed by atoms with Crippen molar-refractivity contribution in [1.29, 1.82) is 0 Å². The number of aliphatic hydroxyl groups excluding tert-OH is 1. The molecular formula is C24H49KO4S. The second kappa shape index (κ2) is 23.7. The average Bonchev–Trinajstić information content (AvgIpc) is 2.67. The van der Waals surface area contributed by atoms with Gasteiger partial charge in [0, 0.05) is 0 Å². The van der Waals surface area contributed by atoms with Crippen LogP contribution >= 0.6 is 0 Å². The summed E-state index contributed by atoms with van der Waals surface area (Å²) in [6.45, 7) is 4.42. The van der Waals surface area contributed by atoms with Gasteiger partial charge < -0.3 is 9.66 Å². The van der Waals surface area contributed by atoms with Crippen LogP contribution in [-0.2, 0) is 10.1 Å². The Hall–Kier alpha value is 1.51. The van der Waals surface area contributed by atoms with Crippen molar-refractivity contribution >= 4 is 10.1 Å². The van der Waals surface area contributed by atoms with E-state index in [9.17, 15) is 18.1 Å². The second-order valence-corrected chi connectivity index (χ2v) is 10.4. The van der Waals surface area contributed by atoms with Crippen LogP contribution in [-0.4, -0.2) is 29.4 Å². The Morgan fingerprint density at radius 3 is 1.23 bits per heavy atom. The third kappa shape index (κ3) is 21.4. The molecule has 0 radical (unpaired) electrons. The van der Waals surface area contributed by atoms with Gasteiger partial charge in [0.25, 0.3) is 0 Å². The minimum absolute atomic E-state index is 0. The molecule has 0 spiro atoms. The zero-order chi connectivity index (χ0) is 21.8. The van der Waals surface area contributed by atoms with Crippen LogP contribution in [0.2, 0.25) is 0 Å². The molecule has 4 nitrogen and oxygen atoms in total. The van der Waals surface area contributed by atoms with Crippen molar-refractivity contribution in [1.82, 2.24) is 0 Å². The molecule has 0 aromatic rings. The van der Waals surface area contributed by atoms with Crippen LogP contribution in [0, 0.1) is 0 Å². The summed E-state index contributed by atoms with van der Waals surface area (Å²) in [5.74, 6) is 0. The molecule has 0 saturated heterocycles. The van der Waals surface area contributed by atoms with Crippen LogP contribution in [0.15, 0.2) is 0 Å². The van der Waals surface area contributed by atoms with Crippen LogP contribution in [0.3, 0.4) is 0 Å². The van der Waals surface area contributed by atoms with E-state index >= 15 is 0 Å². The van der Waals surface area contributed by atoms with Crippen molar-refractivity contribution in [3.05, 3.63) is 0 Å². The third-order valence-electron chi connectivity index (χ3n) is 6.00. The third-order valence-corrected chi connectivity index (χ3v) is 7.29. The fraction of sp³-hybridized carbons (Fsp3) is 1.00. The summed E-state index contributed by atoms with van der Waals surface area (Å²) in [7, 11) is -4.43. The molecule has 0 fully saturated rings. The molecule has 0 saturated carbocycles. The van der Waals surface area contributed by atoms with E-state index in [0.29, 0.717) is 12.8 Å². The first kappa shape index (κ1) is 33.7. The molecule has 1 N–H and O–H groups in total. The molecule has 0 aromatic carbocycles. The predicted molar refractivity (Wildman–Crippen MR) is 123 cm³/mol. The summed E-state index contributed by atoms with van der Waals surface area (Å²) in [5, 5.41) is 9.14. The van der Waals surface area contributed by atoms with Crippen molar-refractivity contribution in [2.45, 2.75) is 154 Å². The minimum Gasteiger partial charge on any atom is -0.748 e. The van der Waals surface area contributed by atoms with E-state index in [4.69, 9.17) is 0 Å². The smallest absolute Gasteiger partial charge is 0.748 e. The Morgan fingerprint density at radius 1 is 0.600 bits per heavy atom. The van der Waals surface area contributed by atoms with Gasteiger partial charge in [0.05, 0.1) is 11.4 Å². The fourth-order valence-electron chi connectivity index (χ4n) is 4.04. The fourth-order valence-corrected chi connectivity index (χ4v) is 5.01. The standard InChI is InChI=1S/C24H50O4S.K/c1-3-5-7-9-11-12-13-14-16-18-20-22-24(29(26,27)28)23(25)21-19-17-15-10-8-6-4-2;/h23-25H,3-22H2,1-2H3,(H,26,27,28);/q;+1/p-1. The van der Waals surface area contributed by atoms with Crippen molar-refractivity contribution < 1.29 is 69.5 Å². The van der Waals surface area contributed by atoms with Crippen LogP contribution in [0.4, 0.5) is 0 Å². The Balaban J connectivity index is 0. The molecule has 176 valence electrons. The molecule has 0 aliphatic heterocycles. The van der Waals surface area contributed by atoms with Gasteiger partial charge in [-0.3, -0.25) is 0 Å². The van der Waals surface area contributed by atoms with Gasteiger partial charge in [-0.1, -0.05) is 129 Å². The van der Waals surface area contributed by atoms with E-state index in [0.717, 1.165) is 38.5 Å². The molecule has 0 amide bonds. The van der Waals surface area contributed by atoms with Crippen LogP contribution < -0.4 is 51.4 Å². The van der Waals surface area contributed by atoms with Gasteiger partial charge in [0.2, 0.25) is 0 Å². The Kier molecular flexibility index (Phi) is 26.6. The van der Waals surface area contributed by atoms with E-state index in [1.54, 1.807) is 0 Å². The first-order valence-electron chi connectivity index (χ1n) is 12.6. The molecule has 2 atom stereocenters. The summed E-state index contributed by atoms with van der Waals surface area (Å²) in [6, 6.07) is 0. The number of aliphatic hydroxyl groups is 1. The van der Waals surface area contributed by atoms with E-state index in [2.05, 4.69) is 13.8 Å². The Labute approximate surface area is 230 Å². The molecular weight excluding hydrogens is 423 g/mol. The van der Waals surface area contributed by atoms with Gasteiger partial charge in [0.1, 0.15) is 10.1 Å².